The van der Waals surface area contributed by atoms with E-state index >= 15 is 0 Å². The van der Waals surface area contributed by atoms with Gasteiger partial charge >= 0.3 is 0 Å². The van der Waals surface area contributed by atoms with E-state index in [0.717, 1.165) is 38.0 Å². The van der Waals surface area contributed by atoms with Gasteiger partial charge in [0.2, 0.25) is 0 Å². The SMILES string of the molecule is Cc1ccsc1C(=O)Nc1ccc(-c2cc(-c3cccs3)nn2C)cc1. The van der Waals surface area contributed by atoms with Crippen molar-refractivity contribution in [2.45, 2.75) is 6.92 Å². The number of nitrogens with one attached hydrogen (secondary N) is 1. The Morgan fingerprint density at radius 3 is 2.54 bits per heavy atom. The van der Waals surface area contributed by atoms with Crippen molar-refractivity contribution < 1.29 is 4.79 Å². The van der Waals surface area contributed by atoms with E-state index < -0.39 is 0 Å². The number of aryl methyl sites for hydroxylation is 2. The third-order valence-corrected chi connectivity index (χ3v) is 6.07. The van der Waals surface area contributed by atoms with Crippen LogP contribution in [0.15, 0.2) is 59.3 Å². The lowest BCUT2D eigenvalue weighted by Crippen LogP contribution is -2.11. The highest BCUT2D eigenvalue weighted by atomic mass is 32.1. The molecule has 0 aliphatic carbocycles. The Bertz CT molecular complexity index is 1040. The third-order valence-electron chi connectivity index (χ3n) is 4.16. The Kier molecular flexibility index (Phi) is 4.44. The number of hydrogen-bond acceptors (Lipinski definition) is 4. The number of rotatable bonds is 4. The van der Waals surface area contributed by atoms with Gasteiger partial charge in [0.05, 0.1) is 15.4 Å². The fourth-order valence-corrected chi connectivity index (χ4v) is 4.30. The summed E-state index contributed by atoms with van der Waals surface area (Å²) in [5.41, 5.74) is 4.86. The van der Waals surface area contributed by atoms with Crippen LogP contribution in [0, 0.1) is 6.92 Å². The predicted molar refractivity (Wildman–Crippen MR) is 109 cm³/mol. The Labute approximate surface area is 159 Å². The number of carbonyl (C=O) groups excluding carboxylic acids is 1. The summed E-state index contributed by atoms with van der Waals surface area (Å²) in [6.07, 6.45) is 0. The monoisotopic (exact) mass is 379 g/mol. The molecule has 4 aromatic rings. The van der Waals surface area contributed by atoms with Crippen molar-refractivity contribution in [1.29, 1.82) is 0 Å². The second-order valence-electron chi connectivity index (χ2n) is 5.98. The smallest absolute Gasteiger partial charge is 0.265 e. The maximum Gasteiger partial charge on any atom is 0.265 e. The highest BCUT2D eigenvalue weighted by Crippen LogP contribution is 2.29. The first-order chi connectivity index (χ1) is 12.6. The van der Waals surface area contributed by atoms with E-state index in [1.807, 2.05) is 60.4 Å². The fourth-order valence-electron chi connectivity index (χ4n) is 2.80. The molecule has 3 heterocycles. The molecule has 0 bridgehead atoms. The molecule has 1 aromatic carbocycles. The van der Waals surface area contributed by atoms with E-state index in [-0.39, 0.29) is 5.91 Å². The first-order valence-corrected chi connectivity index (χ1v) is 9.91. The number of benzene rings is 1. The molecule has 6 heteroatoms. The van der Waals surface area contributed by atoms with E-state index in [0.29, 0.717) is 0 Å². The van der Waals surface area contributed by atoms with Crippen LogP contribution in [0.4, 0.5) is 5.69 Å². The van der Waals surface area contributed by atoms with Crippen LogP contribution >= 0.6 is 22.7 Å². The lowest BCUT2D eigenvalue weighted by molar-refractivity contribution is 0.103. The van der Waals surface area contributed by atoms with Crippen molar-refractivity contribution in [3.8, 4) is 21.8 Å². The first-order valence-electron chi connectivity index (χ1n) is 8.15. The van der Waals surface area contributed by atoms with E-state index in [4.69, 9.17) is 0 Å². The van der Waals surface area contributed by atoms with E-state index in [2.05, 4.69) is 27.9 Å². The van der Waals surface area contributed by atoms with Gasteiger partial charge in [-0.15, -0.1) is 22.7 Å². The summed E-state index contributed by atoms with van der Waals surface area (Å²) in [6.45, 7) is 1.95. The van der Waals surface area contributed by atoms with E-state index in [1.165, 1.54) is 11.3 Å². The van der Waals surface area contributed by atoms with E-state index in [9.17, 15) is 4.79 Å². The molecular weight excluding hydrogens is 362 g/mol. The molecule has 1 amide bonds. The molecule has 0 fully saturated rings. The lowest BCUT2D eigenvalue weighted by Gasteiger charge is -2.06. The average molecular weight is 380 g/mol. The Hall–Kier alpha value is -2.70. The molecular formula is C20H17N3OS2. The minimum Gasteiger partial charge on any atom is -0.321 e. The topological polar surface area (TPSA) is 46.9 Å². The zero-order valence-corrected chi connectivity index (χ0v) is 16.0. The molecule has 0 saturated heterocycles. The molecule has 130 valence electrons. The molecule has 0 unspecified atom stereocenters. The van der Waals surface area contributed by atoms with Gasteiger partial charge in [0.25, 0.3) is 5.91 Å². The predicted octanol–water partition coefficient (Wildman–Crippen LogP) is 5.44. The molecule has 26 heavy (non-hydrogen) atoms. The van der Waals surface area contributed by atoms with Gasteiger partial charge in [0.15, 0.2) is 0 Å². The molecule has 0 saturated carbocycles. The molecule has 3 aromatic heterocycles. The molecule has 0 spiro atoms. The van der Waals surface area contributed by atoms with Gasteiger partial charge in [-0.3, -0.25) is 9.48 Å². The second-order valence-corrected chi connectivity index (χ2v) is 7.84. The van der Waals surface area contributed by atoms with Gasteiger partial charge in [0, 0.05) is 12.7 Å². The van der Waals surface area contributed by atoms with Gasteiger partial charge in [0.1, 0.15) is 5.69 Å². The van der Waals surface area contributed by atoms with Crippen molar-refractivity contribution in [3.05, 3.63) is 69.7 Å². The van der Waals surface area contributed by atoms with E-state index in [1.54, 1.807) is 11.3 Å². The Morgan fingerprint density at radius 1 is 1.08 bits per heavy atom. The summed E-state index contributed by atoms with van der Waals surface area (Å²) in [7, 11) is 1.95. The number of amides is 1. The summed E-state index contributed by atoms with van der Waals surface area (Å²) >= 11 is 3.14. The summed E-state index contributed by atoms with van der Waals surface area (Å²) in [6, 6.07) is 16.0. The Balaban J connectivity index is 1.55. The summed E-state index contributed by atoms with van der Waals surface area (Å²) in [5, 5.41) is 11.5. The summed E-state index contributed by atoms with van der Waals surface area (Å²) in [4.78, 5) is 14.2. The number of carbonyl (C=O) groups is 1. The zero-order chi connectivity index (χ0) is 18.1. The molecule has 0 atom stereocenters. The first kappa shape index (κ1) is 16.8. The number of nitrogens with zero attached hydrogens (tertiary/aromatic N) is 2. The Morgan fingerprint density at radius 2 is 1.88 bits per heavy atom. The molecule has 1 N–H and O–H groups in total. The van der Waals surface area contributed by atoms with Crippen LogP contribution in [0.2, 0.25) is 0 Å². The number of hydrogen-bond donors (Lipinski definition) is 1. The standard InChI is InChI=1S/C20H17N3OS2/c1-13-9-11-26-19(13)20(24)21-15-7-5-14(6-8-15)17-12-16(22-23(17)2)18-4-3-10-25-18/h3-12H,1-2H3,(H,21,24). The maximum atomic E-state index is 12.3. The van der Waals surface area contributed by atoms with Crippen LogP contribution in [0.5, 0.6) is 0 Å². The maximum absolute atomic E-state index is 12.3. The van der Waals surface area contributed by atoms with Crippen molar-refractivity contribution in [2.24, 2.45) is 7.05 Å². The van der Waals surface area contributed by atoms with Crippen LogP contribution in [-0.4, -0.2) is 15.7 Å². The van der Waals surface area contributed by atoms with Crippen LogP contribution in [-0.2, 0) is 7.05 Å². The largest absolute Gasteiger partial charge is 0.321 e. The fraction of sp³-hybridized carbons (Fsp3) is 0.100. The third kappa shape index (κ3) is 3.21. The van der Waals surface area contributed by atoms with Gasteiger partial charge in [-0.1, -0.05) is 18.2 Å². The van der Waals surface area contributed by atoms with Gasteiger partial charge in [-0.2, -0.15) is 5.10 Å². The minimum absolute atomic E-state index is 0.0641. The van der Waals surface area contributed by atoms with Crippen molar-refractivity contribution in [1.82, 2.24) is 9.78 Å². The zero-order valence-electron chi connectivity index (χ0n) is 14.4. The normalized spacial score (nSPS) is 10.8. The summed E-state index contributed by atoms with van der Waals surface area (Å²) in [5.74, 6) is -0.0641. The molecule has 0 aliphatic heterocycles. The second kappa shape index (κ2) is 6.90. The number of anilines is 1. The molecule has 4 nitrogen and oxygen atoms in total. The van der Waals surface area contributed by atoms with Crippen molar-refractivity contribution >= 4 is 34.3 Å². The van der Waals surface area contributed by atoms with Crippen molar-refractivity contribution in [3.63, 3.8) is 0 Å². The van der Waals surface area contributed by atoms with Gasteiger partial charge in [-0.25, -0.2) is 0 Å². The summed E-state index contributed by atoms with van der Waals surface area (Å²) < 4.78 is 1.89. The van der Waals surface area contributed by atoms with Crippen LogP contribution in [0.1, 0.15) is 15.2 Å². The minimum atomic E-state index is -0.0641. The van der Waals surface area contributed by atoms with Gasteiger partial charge < -0.3 is 5.32 Å². The highest BCUT2D eigenvalue weighted by Gasteiger charge is 2.12. The van der Waals surface area contributed by atoms with Crippen LogP contribution in [0.25, 0.3) is 21.8 Å². The lowest BCUT2D eigenvalue weighted by atomic mass is 10.1. The van der Waals surface area contributed by atoms with Crippen LogP contribution < -0.4 is 5.32 Å². The van der Waals surface area contributed by atoms with Gasteiger partial charge in [-0.05, 0) is 59.1 Å². The quantitative estimate of drug-likeness (QED) is 0.513. The van der Waals surface area contributed by atoms with Crippen LogP contribution in [0.3, 0.4) is 0 Å². The molecule has 0 aliphatic rings. The highest BCUT2D eigenvalue weighted by molar-refractivity contribution is 7.13. The molecule has 4 rings (SSSR count). The number of aromatic nitrogens is 2. The molecule has 0 radical (unpaired) electrons. The average Bonchev–Trinajstić information content (AvgIpc) is 3.36. The van der Waals surface area contributed by atoms with Crippen molar-refractivity contribution in [2.75, 3.05) is 5.32 Å². The number of thiophene rings is 2.